The normalized spacial score (nSPS) is 12.4. The molecule has 1 N–H and O–H groups in total. The van der Waals surface area contributed by atoms with Crippen LogP contribution in [0.3, 0.4) is 0 Å². The summed E-state index contributed by atoms with van der Waals surface area (Å²) in [6.07, 6.45) is 4.39. The lowest BCUT2D eigenvalue weighted by molar-refractivity contribution is 0.394. The fraction of sp³-hybridized carbons (Fsp3) is 0.429. The van der Waals surface area contributed by atoms with Gasteiger partial charge in [-0.15, -0.1) is 0 Å². The Morgan fingerprint density at radius 1 is 1.42 bits per heavy atom. The van der Waals surface area contributed by atoms with Crippen LogP contribution in [0.5, 0.6) is 5.75 Å². The first kappa shape index (κ1) is 13.5. The Morgan fingerprint density at radius 3 is 2.84 bits per heavy atom. The highest BCUT2D eigenvalue weighted by Gasteiger charge is 2.20. The summed E-state index contributed by atoms with van der Waals surface area (Å²) in [5, 5.41) is 7.67. The number of ether oxygens (including phenoxy) is 1. The van der Waals surface area contributed by atoms with Gasteiger partial charge in [0.15, 0.2) is 5.75 Å². The van der Waals surface area contributed by atoms with Crippen molar-refractivity contribution in [2.75, 3.05) is 14.2 Å². The van der Waals surface area contributed by atoms with Crippen LogP contribution in [0.25, 0.3) is 0 Å². The Hall–Kier alpha value is -1.88. The third kappa shape index (κ3) is 2.93. The Kier molecular flexibility index (Phi) is 4.52. The molecule has 0 amide bonds. The summed E-state index contributed by atoms with van der Waals surface area (Å²) in [6, 6.07) is 6.09. The SMILES string of the molecule is CCn1ncc(OC)c1C(Cc1ccccn1)NC. The van der Waals surface area contributed by atoms with E-state index in [1.54, 1.807) is 13.3 Å². The molecule has 5 nitrogen and oxygen atoms in total. The molecule has 19 heavy (non-hydrogen) atoms. The molecular formula is C14H20N4O. The monoisotopic (exact) mass is 260 g/mol. The molecule has 102 valence electrons. The lowest BCUT2D eigenvalue weighted by Crippen LogP contribution is -2.23. The van der Waals surface area contributed by atoms with Gasteiger partial charge in [-0.25, -0.2) is 0 Å². The van der Waals surface area contributed by atoms with E-state index in [-0.39, 0.29) is 6.04 Å². The predicted molar refractivity (Wildman–Crippen MR) is 74.2 cm³/mol. The summed E-state index contributed by atoms with van der Waals surface area (Å²) in [6.45, 7) is 2.89. The van der Waals surface area contributed by atoms with Gasteiger partial charge in [-0.05, 0) is 26.1 Å². The molecule has 2 aromatic heterocycles. The molecule has 0 spiro atoms. The quantitative estimate of drug-likeness (QED) is 0.860. The summed E-state index contributed by atoms with van der Waals surface area (Å²) in [5.41, 5.74) is 2.12. The lowest BCUT2D eigenvalue weighted by Gasteiger charge is -2.18. The van der Waals surface area contributed by atoms with Gasteiger partial charge in [0.25, 0.3) is 0 Å². The molecule has 0 aliphatic carbocycles. The van der Waals surface area contributed by atoms with E-state index in [0.717, 1.165) is 30.1 Å². The summed E-state index contributed by atoms with van der Waals surface area (Å²) < 4.78 is 7.37. The molecule has 2 heterocycles. The maximum Gasteiger partial charge on any atom is 0.161 e. The van der Waals surface area contributed by atoms with E-state index in [2.05, 4.69) is 22.3 Å². The van der Waals surface area contributed by atoms with Crippen molar-refractivity contribution in [3.63, 3.8) is 0 Å². The van der Waals surface area contributed by atoms with Crippen molar-refractivity contribution in [3.05, 3.63) is 42.0 Å². The van der Waals surface area contributed by atoms with Gasteiger partial charge >= 0.3 is 0 Å². The number of hydrogen-bond donors (Lipinski definition) is 1. The highest BCUT2D eigenvalue weighted by Crippen LogP contribution is 2.26. The van der Waals surface area contributed by atoms with Crippen molar-refractivity contribution < 1.29 is 4.74 Å². The number of aromatic nitrogens is 3. The number of aryl methyl sites for hydroxylation is 1. The van der Waals surface area contributed by atoms with Crippen molar-refractivity contribution >= 4 is 0 Å². The molecule has 0 saturated carbocycles. The summed E-state index contributed by atoms with van der Waals surface area (Å²) in [5.74, 6) is 0.817. The smallest absolute Gasteiger partial charge is 0.161 e. The highest BCUT2D eigenvalue weighted by atomic mass is 16.5. The van der Waals surface area contributed by atoms with E-state index in [9.17, 15) is 0 Å². The maximum atomic E-state index is 5.40. The molecule has 1 unspecified atom stereocenters. The molecule has 5 heteroatoms. The Balaban J connectivity index is 2.29. The minimum Gasteiger partial charge on any atom is -0.493 e. The van der Waals surface area contributed by atoms with Crippen molar-refractivity contribution in [2.24, 2.45) is 0 Å². The topological polar surface area (TPSA) is 52.0 Å². The zero-order valence-electron chi connectivity index (χ0n) is 11.6. The van der Waals surface area contributed by atoms with Crippen LogP contribution >= 0.6 is 0 Å². The molecule has 2 rings (SSSR count). The predicted octanol–water partition coefficient (Wildman–Crippen LogP) is 1.81. The van der Waals surface area contributed by atoms with Crippen LogP contribution in [0, 0.1) is 0 Å². The van der Waals surface area contributed by atoms with Gasteiger partial charge in [0, 0.05) is 24.9 Å². The van der Waals surface area contributed by atoms with E-state index < -0.39 is 0 Å². The first-order chi connectivity index (χ1) is 9.30. The number of pyridine rings is 1. The van der Waals surface area contributed by atoms with E-state index >= 15 is 0 Å². The molecule has 0 bridgehead atoms. The van der Waals surface area contributed by atoms with E-state index in [1.165, 1.54) is 0 Å². The van der Waals surface area contributed by atoms with Crippen molar-refractivity contribution in [1.82, 2.24) is 20.1 Å². The second kappa shape index (κ2) is 6.33. The number of methoxy groups -OCH3 is 1. The van der Waals surface area contributed by atoms with Gasteiger partial charge in [0.2, 0.25) is 0 Å². The summed E-state index contributed by atoms with van der Waals surface area (Å²) >= 11 is 0. The van der Waals surface area contributed by atoms with Crippen molar-refractivity contribution in [3.8, 4) is 5.75 Å². The number of nitrogens with one attached hydrogen (secondary N) is 1. The molecular weight excluding hydrogens is 240 g/mol. The van der Waals surface area contributed by atoms with Crippen LogP contribution in [0.2, 0.25) is 0 Å². The third-order valence-electron chi connectivity index (χ3n) is 3.18. The molecule has 1 atom stereocenters. The number of nitrogens with zero attached hydrogens (tertiary/aromatic N) is 3. The van der Waals surface area contributed by atoms with Crippen LogP contribution < -0.4 is 10.1 Å². The largest absolute Gasteiger partial charge is 0.493 e. The first-order valence-electron chi connectivity index (χ1n) is 6.47. The average Bonchev–Trinajstić information content (AvgIpc) is 2.88. The minimum absolute atomic E-state index is 0.132. The van der Waals surface area contributed by atoms with Gasteiger partial charge < -0.3 is 10.1 Å². The van der Waals surface area contributed by atoms with Gasteiger partial charge in [0.05, 0.1) is 25.0 Å². The minimum atomic E-state index is 0.132. The third-order valence-corrected chi connectivity index (χ3v) is 3.18. The van der Waals surface area contributed by atoms with Crippen molar-refractivity contribution in [1.29, 1.82) is 0 Å². The van der Waals surface area contributed by atoms with Gasteiger partial charge in [0.1, 0.15) is 0 Å². The van der Waals surface area contributed by atoms with Crippen molar-refractivity contribution in [2.45, 2.75) is 25.9 Å². The Labute approximate surface area is 113 Å². The van der Waals surface area contributed by atoms with E-state index in [1.807, 2.05) is 36.1 Å². The van der Waals surface area contributed by atoms with Gasteiger partial charge in [-0.3, -0.25) is 9.67 Å². The van der Waals surface area contributed by atoms with Crippen LogP contribution in [0.15, 0.2) is 30.6 Å². The molecule has 0 saturated heterocycles. The number of hydrogen-bond acceptors (Lipinski definition) is 4. The van der Waals surface area contributed by atoms with Crippen LogP contribution in [-0.2, 0) is 13.0 Å². The zero-order valence-corrected chi connectivity index (χ0v) is 11.6. The second-order valence-electron chi connectivity index (χ2n) is 4.28. The fourth-order valence-electron chi connectivity index (χ4n) is 2.20. The first-order valence-corrected chi connectivity index (χ1v) is 6.47. The highest BCUT2D eigenvalue weighted by molar-refractivity contribution is 5.29. The Morgan fingerprint density at radius 2 is 2.26 bits per heavy atom. The van der Waals surface area contributed by atoms with Crippen LogP contribution in [0.4, 0.5) is 0 Å². The molecule has 0 radical (unpaired) electrons. The average molecular weight is 260 g/mol. The molecule has 0 aliphatic rings. The summed E-state index contributed by atoms with van der Waals surface area (Å²) in [4.78, 5) is 4.38. The molecule has 0 aliphatic heterocycles. The Bertz CT molecular complexity index is 488. The van der Waals surface area contributed by atoms with Gasteiger partial charge in [-0.2, -0.15) is 5.10 Å². The molecule has 2 aromatic rings. The lowest BCUT2D eigenvalue weighted by atomic mass is 10.1. The number of likely N-dealkylation sites (N-methyl/N-ethyl adjacent to an activating group) is 1. The standard InChI is InChI=1S/C14H20N4O/c1-4-18-14(13(19-3)10-17-18)12(15-2)9-11-7-5-6-8-16-11/h5-8,10,12,15H,4,9H2,1-3H3. The van der Waals surface area contributed by atoms with Crippen LogP contribution in [0.1, 0.15) is 24.4 Å². The zero-order chi connectivity index (χ0) is 13.7. The molecule has 0 fully saturated rings. The molecule has 0 aromatic carbocycles. The van der Waals surface area contributed by atoms with Gasteiger partial charge in [-0.1, -0.05) is 6.07 Å². The number of rotatable bonds is 6. The fourth-order valence-corrected chi connectivity index (χ4v) is 2.20. The van der Waals surface area contributed by atoms with E-state index in [0.29, 0.717) is 0 Å². The van der Waals surface area contributed by atoms with E-state index in [4.69, 9.17) is 4.74 Å². The maximum absolute atomic E-state index is 5.40. The second-order valence-corrected chi connectivity index (χ2v) is 4.28. The van der Waals surface area contributed by atoms with Crippen LogP contribution in [-0.4, -0.2) is 28.9 Å². The summed E-state index contributed by atoms with van der Waals surface area (Å²) in [7, 11) is 3.62.